The van der Waals surface area contributed by atoms with E-state index < -0.39 is 24.3 Å². The largest absolute Gasteiger partial charge is 0.323 e. The van der Waals surface area contributed by atoms with Crippen LogP contribution in [0.25, 0.3) is 22.4 Å². The van der Waals surface area contributed by atoms with Crippen LogP contribution in [-0.2, 0) is 4.79 Å². The molecule has 1 aliphatic carbocycles. The van der Waals surface area contributed by atoms with Crippen LogP contribution in [0, 0.1) is 12.3 Å². The lowest BCUT2D eigenvalue weighted by atomic mass is 9.94. The van der Waals surface area contributed by atoms with E-state index >= 15 is 0 Å². The number of anilines is 1. The van der Waals surface area contributed by atoms with E-state index in [1.807, 2.05) is 48.5 Å². The highest BCUT2D eigenvalue weighted by Gasteiger charge is 2.37. The smallest absolute Gasteiger partial charge is 0.262 e. The van der Waals surface area contributed by atoms with Crippen molar-refractivity contribution in [3.63, 3.8) is 0 Å². The van der Waals surface area contributed by atoms with Gasteiger partial charge in [0.2, 0.25) is 5.91 Å². The third-order valence-electron chi connectivity index (χ3n) is 7.84. The average molecular weight is 528 g/mol. The van der Waals surface area contributed by atoms with Crippen LogP contribution in [0.3, 0.4) is 0 Å². The number of imide groups is 1. The molecule has 3 aromatic carbocycles. The van der Waals surface area contributed by atoms with Gasteiger partial charge in [-0.2, -0.15) is 0 Å². The van der Waals surface area contributed by atoms with E-state index in [2.05, 4.69) is 27.9 Å². The molecule has 6 nitrogen and oxygen atoms in total. The van der Waals surface area contributed by atoms with Crippen molar-refractivity contribution in [1.29, 1.82) is 0 Å². The minimum atomic E-state index is -0.472. The van der Waals surface area contributed by atoms with E-state index in [4.69, 9.17) is 6.42 Å². The number of hydrogen-bond donors (Lipinski definition) is 1. The molecule has 1 fully saturated rings. The molecule has 2 heterocycles. The summed E-state index contributed by atoms with van der Waals surface area (Å²) in [6.45, 7) is -0.395. The lowest BCUT2D eigenvalue weighted by molar-refractivity contribution is -0.116. The van der Waals surface area contributed by atoms with Gasteiger partial charge in [0.05, 0.1) is 22.4 Å². The van der Waals surface area contributed by atoms with Gasteiger partial charge in [0.15, 0.2) is 0 Å². The molecule has 3 amide bonds. The summed E-state index contributed by atoms with van der Waals surface area (Å²) in [5, 5.41) is 3.06. The fourth-order valence-electron chi connectivity index (χ4n) is 6.02. The predicted octanol–water partition coefficient (Wildman–Crippen LogP) is 6.54. The van der Waals surface area contributed by atoms with E-state index in [-0.39, 0.29) is 6.04 Å². The Balaban J connectivity index is 1.46. The second-order valence-electron chi connectivity index (χ2n) is 10.3. The topological polar surface area (TPSA) is 71.4 Å². The van der Waals surface area contributed by atoms with Crippen molar-refractivity contribution in [2.24, 2.45) is 0 Å². The summed E-state index contributed by atoms with van der Waals surface area (Å²) in [4.78, 5) is 40.5. The van der Waals surface area contributed by atoms with Crippen LogP contribution in [0.1, 0.15) is 64.4 Å². The molecular weight excluding hydrogens is 498 g/mol. The molecule has 198 valence electrons. The highest BCUT2D eigenvalue weighted by molar-refractivity contribution is 6.22. The summed E-state index contributed by atoms with van der Waals surface area (Å²) in [7, 11) is 0. The number of benzene rings is 3. The van der Waals surface area contributed by atoms with Crippen LogP contribution in [-0.4, -0.2) is 33.7 Å². The Bertz CT molecular complexity index is 1610. The maximum atomic E-state index is 13.6. The molecule has 4 aromatic rings. The Labute approximate surface area is 233 Å². The summed E-state index contributed by atoms with van der Waals surface area (Å²) < 4.78 is 2.20. The van der Waals surface area contributed by atoms with Gasteiger partial charge >= 0.3 is 0 Å². The van der Waals surface area contributed by atoms with E-state index in [1.54, 1.807) is 24.3 Å². The molecule has 1 aromatic heterocycles. The van der Waals surface area contributed by atoms with Crippen molar-refractivity contribution in [2.45, 2.75) is 38.1 Å². The normalized spacial score (nSPS) is 15.1. The van der Waals surface area contributed by atoms with Gasteiger partial charge in [-0.05, 0) is 36.1 Å². The molecule has 0 radical (unpaired) electrons. The van der Waals surface area contributed by atoms with Crippen molar-refractivity contribution >= 4 is 23.5 Å². The Kier molecular flexibility index (Phi) is 6.79. The van der Waals surface area contributed by atoms with Crippen LogP contribution in [0.2, 0.25) is 0 Å². The van der Waals surface area contributed by atoms with E-state index in [0.29, 0.717) is 22.5 Å². The lowest BCUT2D eigenvalue weighted by Gasteiger charge is -2.28. The number of rotatable bonds is 6. The highest BCUT2D eigenvalue weighted by Crippen LogP contribution is 2.46. The van der Waals surface area contributed by atoms with E-state index in [0.717, 1.165) is 53.0 Å². The quantitative estimate of drug-likeness (QED) is 0.229. The van der Waals surface area contributed by atoms with Crippen molar-refractivity contribution in [3.05, 3.63) is 102 Å². The van der Waals surface area contributed by atoms with Gasteiger partial charge in [-0.1, -0.05) is 98.0 Å². The minimum Gasteiger partial charge on any atom is -0.323 e. The molecule has 1 saturated carbocycles. The van der Waals surface area contributed by atoms with Crippen LogP contribution in [0.5, 0.6) is 0 Å². The zero-order valence-electron chi connectivity index (χ0n) is 22.1. The molecular formula is C34H29N3O3. The maximum absolute atomic E-state index is 13.6. The van der Waals surface area contributed by atoms with Crippen molar-refractivity contribution < 1.29 is 14.4 Å². The van der Waals surface area contributed by atoms with Crippen LogP contribution in [0.4, 0.5) is 5.82 Å². The fourth-order valence-corrected chi connectivity index (χ4v) is 6.02. The number of terminal acetylenes is 1. The Morgan fingerprint density at radius 2 is 1.35 bits per heavy atom. The molecule has 1 aliphatic heterocycles. The molecule has 0 bridgehead atoms. The number of carbonyl (C=O) groups is 3. The molecule has 0 atom stereocenters. The number of amides is 3. The zero-order chi connectivity index (χ0) is 27.6. The SMILES string of the molecule is C#Cc1c(-c2ccccc2)c(-c2ccccc2)n(C2CCCCC2)c1NC(=O)CN1C(=O)c2ccccc2C1=O. The Morgan fingerprint density at radius 1 is 0.800 bits per heavy atom. The Morgan fingerprint density at radius 3 is 1.93 bits per heavy atom. The molecule has 0 unspecified atom stereocenters. The first-order chi connectivity index (χ1) is 19.6. The number of hydrogen-bond acceptors (Lipinski definition) is 3. The summed E-state index contributed by atoms with van der Waals surface area (Å²) >= 11 is 0. The lowest BCUT2D eigenvalue weighted by Crippen LogP contribution is -2.37. The first-order valence-electron chi connectivity index (χ1n) is 13.7. The number of carbonyl (C=O) groups excluding carboxylic acids is 3. The first-order valence-corrected chi connectivity index (χ1v) is 13.7. The van der Waals surface area contributed by atoms with Gasteiger partial charge in [0.1, 0.15) is 12.4 Å². The molecule has 2 aliphatic rings. The molecule has 6 heteroatoms. The monoisotopic (exact) mass is 527 g/mol. The van der Waals surface area contributed by atoms with Crippen molar-refractivity contribution in [3.8, 4) is 34.7 Å². The standard InChI is InChI=1S/C34H29N3O3/c1-2-26-30(23-14-6-3-7-15-23)31(24-16-8-4-9-17-24)37(25-18-10-5-11-19-25)32(26)35-29(38)22-36-33(39)27-20-12-13-21-28(27)34(36)40/h1,3-4,6-9,12-17,20-21,25H,5,10-11,18-19,22H2,(H,35,38). The number of nitrogens with zero attached hydrogens (tertiary/aromatic N) is 2. The van der Waals surface area contributed by atoms with Crippen LogP contribution >= 0.6 is 0 Å². The molecule has 1 N–H and O–H groups in total. The third-order valence-corrected chi connectivity index (χ3v) is 7.84. The number of fused-ring (bicyclic) bond motifs is 1. The van der Waals surface area contributed by atoms with Crippen molar-refractivity contribution in [2.75, 3.05) is 11.9 Å². The summed E-state index contributed by atoms with van der Waals surface area (Å²) in [6.07, 6.45) is 11.5. The summed E-state index contributed by atoms with van der Waals surface area (Å²) in [5.74, 6) is 2.01. The van der Waals surface area contributed by atoms with Gasteiger partial charge in [-0.3, -0.25) is 19.3 Å². The van der Waals surface area contributed by atoms with E-state index in [1.165, 1.54) is 6.42 Å². The average Bonchev–Trinajstić information content (AvgIpc) is 3.45. The summed E-state index contributed by atoms with van der Waals surface area (Å²) in [6, 6.07) is 26.8. The zero-order valence-corrected chi connectivity index (χ0v) is 22.1. The summed E-state index contributed by atoms with van der Waals surface area (Å²) in [5.41, 5.74) is 5.02. The molecule has 0 saturated heterocycles. The molecule has 0 spiro atoms. The first kappa shape index (κ1) is 25.4. The van der Waals surface area contributed by atoms with E-state index in [9.17, 15) is 14.4 Å². The fraction of sp³-hybridized carbons (Fsp3) is 0.206. The van der Waals surface area contributed by atoms with Crippen molar-refractivity contribution in [1.82, 2.24) is 9.47 Å². The second kappa shape index (κ2) is 10.7. The van der Waals surface area contributed by atoms with Gasteiger partial charge in [-0.25, -0.2) is 0 Å². The van der Waals surface area contributed by atoms with Crippen LogP contribution < -0.4 is 5.32 Å². The van der Waals surface area contributed by atoms with Crippen LogP contribution in [0.15, 0.2) is 84.9 Å². The number of aromatic nitrogens is 1. The second-order valence-corrected chi connectivity index (χ2v) is 10.3. The highest BCUT2D eigenvalue weighted by atomic mass is 16.2. The van der Waals surface area contributed by atoms with Gasteiger partial charge in [0.25, 0.3) is 11.8 Å². The minimum absolute atomic E-state index is 0.142. The van der Waals surface area contributed by atoms with Gasteiger partial charge < -0.3 is 9.88 Å². The predicted molar refractivity (Wildman–Crippen MR) is 156 cm³/mol. The molecule has 6 rings (SSSR count). The van der Waals surface area contributed by atoms with Gasteiger partial charge in [-0.15, -0.1) is 6.42 Å². The number of nitrogens with one attached hydrogen (secondary N) is 1. The Hall–Kier alpha value is -4.89. The third kappa shape index (κ3) is 4.40. The van der Waals surface area contributed by atoms with Gasteiger partial charge in [0, 0.05) is 11.6 Å². The molecule has 40 heavy (non-hydrogen) atoms. The maximum Gasteiger partial charge on any atom is 0.262 e.